The Morgan fingerprint density at radius 3 is 2.62 bits per heavy atom. The second kappa shape index (κ2) is 5.06. The lowest BCUT2D eigenvalue weighted by Crippen LogP contribution is -1.91. The highest BCUT2D eigenvalue weighted by Gasteiger charge is 2.04. The van der Waals surface area contributed by atoms with E-state index >= 15 is 0 Å². The molecule has 0 amide bonds. The van der Waals surface area contributed by atoms with Gasteiger partial charge in [0.2, 0.25) is 0 Å². The minimum Gasteiger partial charge on any atom is -0.508 e. The average Bonchev–Trinajstić information content (AvgIpc) is 2.26. The van der Waals surface area contributed by atoms with Crippen molar-refractivity contribution in [3.63, 3.8) is 0 Å². The van der Waals surface area contributed by atoms with E-state index in [1.165, 1.54) is 12.3 Å². The maximum absolute atomic E-state index is 9.45. The normalized spacial score (nSPS) is 8.75. The van der Waals surface area contributed by atoms with Gasteiger partial charge in [-0.25, -0.2) is 0 Å². The molecule has 0 aliphatic rings. The highest BCUT2D eigenvalue weighted by Crippen LogP contribution is 2.29. The number of nitrogens with zero attached hydrogens (tertiary/aromatic N) is 2. The van der Waals surface area contributed by atoms with Crippen molar-refractivity contribution in [2.24, 2.45) is 0 Å². The first kappa shape index (κ1) is 11.9. The standard InChI is InChI=1S/C11H8ClN3O/c1-7-2-9(12)10(3-11(7)16)15-6-8(4-13)5-14/h2-3,6,15-16H,1H3. The summed E-state index contributed by atoms with van der Waals surface area (Å²) in [6.07, 6.45) is 1.23. The van der Waals surface area contributed by atoms with Gasteiger partial charge in [0, 0.05) is 12.3 Å². The van der Waals surface area contributed by atoms with Gasteiger partial charge in [-0.05, 0) is 18.6 Å². The number of phenols is 1. The van der Waals surface area contributed by atoms with Gasteiger partial charge in [0.05, 0.1) is 10.7 Å². The lowest BCUT2D eigenvalue weighted by Gasteiger charge is -2.06. The molecule has 16 heavy (non-hydrogen) atoms. The number of aryl methyl sites for hydroxylation is 1. The van der Waals surface area contributed by atoms with Gasteiger partial charge in [-0.15, -0.1) is 0 Å². The van der Waals surface area contributed by atoms with E-state index in [0.717, 1.165) is 0 Å². The summed E-state index contributed by atoms with van der Waals surface area (Å²) in [7, 11) is 0. The Kier molecular flexibility index (Phi) is 3.77. The Labute approximate surface area is 98.0 Å². The number of aromatic hydroxyl groups is 1. The van der Waals surface area contributed by atoms with Gasteiger partial charge in [0.25, 0.3) is 0 Å². The van der Waals surface area contributed by atoms with E-state index < -0.39 is 0 Å². The molecule has 0 unspecified atom stereocenters. The fourth-order valence-electron chi connectivity index (χ4n) is 1.01. The second-order valence-electron chi connectivity index (χ2n) is 3.04. The predicted molar refractivity (Wildman–Crippen MR) is 60.8 cm³/mol. The van der Waals surface area contributed by atoms with E-state index in [4.69, 9.17) is 22.1 Å². The number of anilines is 1. The van der Waals surface area contributed by atoms with Crippen LogP contribution in [-0.4, -0.2) is 5.11 Å². The zero-order valence-electron chi connectivity index (χ0n) is 8.45. The largest absolute Gasteiger partial charge is 0.508 e. The van der Waals surface area contributed by atoms with Gasteiger partial charge >= 0.3 is 0 Å². The number of benzene rings is 1. The van der Waals surface area contributed by atoms with Crippen LogP contribution in [0.15, 0.2) is 23.9 Å². The first-order chi connectivity index (χ1) is 7.58. The van der Waals surface area contributed by atoms with Crippen LogP contribution in [0.1, 0.15) is 5.56 Å². The van der Waals surface area contributed by atoms with E-state index in [2.05, 4.69) is 5.32 Å². The predicted octanol–water partition coefficient (Wildman–Crippen LogP) is 2.70. The summed E-state index contributed by atoms with van der Waals surface area (Å²) in [5.41, 5.74) is 1.02. The third kappa shape index (κ3) is 2.66. The molecule has 5 heteroatoms. The molecule has 0 bridgehead atoms. The van der Waals surface area contributed by atoms with Crippen LogP contribution in [0.5, 0.6) is 5.75 Å². The van der Waals surface area contributed by atoms with E-state index in [9.17, 15) is 5.11 Å². The molecule has 0 fully saturated rings. The van der Waals surface area contributed by atoms with E-state index in [-0.39, 0.29) is 11.3 Å². The molecular weight excluding hydrogens is 226 g/mol. The Bertz CT molecular complexity index is 507. The van der Waals surface area contributed by atoms with Gasteiger partial charge in [0.15, 0.2) is 0 Å². The molecule has 0 atom stereocenters. The fourth-order valence-corrected chi connectivity index (χ4v) is 1.28. The van der Waals surface area contributed by atoms with Crippen molar-refractivity contribution in [3.8, 4) is 17.9 Å². The van der Waals surface area contributed by atoms with Crippen LogP contribution in [-0.2, 0) is 0 Å². The Morgan fingerprint density at radius 1 is 1.44 bits per heavy atom. The van der Waals surface area contributed by atoms with E-state index in [1.807, 2.05) is 0 Å². The monoisotopic (exact) mass is 233 g/mol. The molecule has 0 saturated carbocycles. The quantitative estimate of drug-likeness (QED) is 0.770. The number of rotatable bonds is 2. The summed E-state index contributed by atoms with van der Waals surface area (Å²) in [6.45, 7) is 1.72. The van der Waals surface area contributed by atoms with Crippen LogP contribution in [0, 0.1) is 29.6 Å². The summed E-state index contributed by atoms with van der Waals surface area (Å²) < 4.78 is 0. The average molecular weight is 234 g/mol. The number of hydrogen-bond acceptors (Lipinski definition) is 4. The lowest BCUT2D eigenvalue weighted by atomic mass is 10.2. The minimum absolute atomic E-state index is 0.0730. The summed E-state index contributed by atoms with van der Waals surface area (Å²) in [6, 6.07) is 6.42. The second-order valence-corrected chi connectivity index (χ2v) is 3.45. The first-order valence-electron chi connectivity index (χ1n) is 4.34. The van der Waals surface area contributed by atoms with Crippen LogP contribution in [0.2, 0.25) is 5.02 Å². The molecule has 1 aromatic carbocycles. The van der Waals surface area contributed by atoms with Crippen LogP contribution in [0.3, 0.4) is 0 Å². The highest BCUT2D eigenvalue weighted by atomic mass is 35.5. The van der Waals surface area contributed by atoms with Crippen LogP contribution < -0.4 is 5.32 Å². The fraction of sp³-hybridized carbons (Fsp3) is 0.0909. The smallest absolute Gasteiger partial charge is 0.145 e. The highest BCUT2D eigenvalue weighted by molar-refractivity contribution is 6.33. The number of nitrogens with one attached hydrogen (secondary N) is 1. The topological polar surface area (TPSA) is 79.8 Å². The molecule has 1 aromatic rings. The van der Waals surface area contributed by atoms with Crippen LogP contribution >= 0.6 is 11.6 Å². The third-order valence-electron chi connectivity index (χ3n) is 1.90. The molecule has 0 saturated heterocycles. The van der Waals surface area contributed by atoms with Crippen LogP contribution in [0.4, 0.5) is 5.69 Å². The van der Waals surface area contributed by atoms with Gasteiger partial charge in [-0.3, -0.25) is 0 Å². The first-order valence-corrected chi connectivity index (χ1v) is 4.72. The number of allylic oxidation sites excluding steroid dienone is 1. The summed E-state index contributed by atoms with van der Waals surface area (Å²) in [5, 5.41) is 29.6. The molecule has 80 valence electrons. The van der Waals surface area contributed by atoms with Crippen molar-refractivity contribution in [3.05, 3.63) is 34.5 Å². The van der Waals surface area contributed by atoms with E-state index in [0.29, 0.717) is 16.3 Å². The van der Waals surface area contributed by atoms with Gasteiger partial charge in [-0.2, -0.15) is 10.5 Å². The van der Waals surface area contributed by atoms with Crippen molar-refractivity contribution in [1.29, 1.82) is 10.5 Å². The van der Waals surface area contributed by atoms with Crippen molar-refractivity contribution in [1.82, 2.24) is 0 Å². The summed E-state index contributed by atoms with van der Waals surface area (Å²) in [4.78, 5) is 0. The van der Waals surface area contributed by atoms with E-state index in [1.54, 1.807) is 25.1 Å². The molecule has 0 aromatic heterocycles. The molecule has 0 radical (unpaired) electrons. The number of nitriles is 2. The molecule has 2 N–H and O–H groups in total. The maximum Gasteiger partial charge on any atom is 0.145 e. The zero-order valence-corrected chi connectivity index (χ0v) is 9.21. The van der Waals surface area contributed by atoms with Crippen molar-refractivity contribution < 1.29 is 5.11 Å². The van der Waals surface area contributed by atoms with Gasteiger partial charge in [-0.1, -0.05) is 11.6 Å². The van der Waals surface area contributed by atoms with Crippen LogP contribution in [0.25, 0.3) is 0 Å². The van der Waals surface area contributed by atoms with Crippen molar-refractivity contribution >= 4 is 17.3 Å². The summed E-state index contributed by atoms with van der Waals surface area (Å²) in [5.74, 6) is 0.0933. The molecule has 0 heterocycles. The number of phenolic OH excluding ortho intramolecular Hbond substituents is 1. The lowest BCUT2D eigenvalue weighted by molar-refractivity contribution is 0.471. The molecule has 0 spiro atoms. The minimum atomic E-state index is -0.0730. The molecule has 1 rings (SSSR count). The maximum atomic E-state index is 9.45. The SMILES string of the molecule is Cc1cc(Cl)c(NC=C(C#N)C#N)cc1O. The molecule has 4 nitrogen and oxygen atoms in total. The Hall–Kier alpha value is -2.17. The zero-order chi connectivity index (χ0) is 12.1. The molecule has 0 aliphatic carbocycles. The molecular formula is C11H8ClN3O. The van der Waals surface area contributed by atoms with Gasteiger partial charge in [0.1, 0.15) is 23.5 Å². The number of halogens is 1. The van der Waals surface area contributed by atoms with Crippen molar-refractivity contribution in [2.75, 3.05) is 5.32 Å². The Morgan fingerprint density at radius 2 is 2.06 bits per heavy atom. The van der Waals surface area contributed by atoms with Gasteiger partial charge < -0.3 is 10.4 Å². The summed E-state index contributed by atoms with van der Waals surface area (Å²) >= 11 is 5.90. The third-order valence-corrected chi connectivity index (χ3v) is 2.21. The number of hydrogen-bond donors (Lipinski definition) is 2. The Balaban J connectivity index is 3.01. The van der Waals surface area contributed by atoms with Crippen molar-refractivity contribution in [2.45, 2.75) is 6.92 Å². The molecule has 0 aliphatic heterocycles.